The zero-order valence-electron chi connectivity index (χ0n) is 13.9. The molecule has 1 aliphatic rings. The fourth-order valence-corrected chi connectivity index (χ4v) is 3.10. The second kappa shape index (κ2) is 8.37. The van der Waals surface area contributed by atoms with Crippen molar-refractivity contribution in [2.45, 2.75) is 71.0 Å². The molecule has 1 aliphatic heterocycles. The van der Waals surface area contributed by atoms with Crippen LogP contribution in [0, 0.1) is 0 Å². The number of ether oxygens (including phenoxy) is 2. The molecule has 0 N–H and O–H groups in total. The van der Waals surface area contributed by atoms with Crippen molar-refractivity contribution in [2.24, 2.45) is 0 Å². The fourth-order valence-electron chi connectivity index (χ4n) is 2.38. The Bertz CT molecular complexity index is 320. The molecule has 0 bridgehead atoms. The predicted molar refractivity (Wildman–Crippen MR) is 89.0 cm³/mol. The highest BCUT2D eigenvalue weighted by molar-refractivity contribution is 9.09. The van der Waals surface area contributed by atoms with Gasteiger partial charge in [0.1, 0.15) is 5.60 Å². The lowest BCUT2D eigenvalue weighted by atomic mass is 9.93. The SMILES string of the molecule is CCCCCOC1(CBr)CCN(C(=O)OC(C)(C)C)CC1. The summed E-state index contributed by atoms with van der Waals surface area (Å²) in [5.41, 5.74) is -0.552. The zero-order chi connectivity index (χ0) is 15.9. The number of hydrogen-bond acceptors (Lipinski definition) is 3. The molecule has 0 radical (unpaired) electrons. The van der Waals surface area contributed by atoms with Crippen LogP contribution in [0.4, 0.5) is 4.79 Å². The lowest BCUT2D eigenvalue weighted by molar-refractivity contribution is -0.0694. The normalized spacial score (nSPS) is 18.6. The van der Waals surface area contributed by atoms with Crippen molar-refractivity contribution in [1.29, 1.82) is 0 Å². The average Bonchev–Trinajstić information content (AvgIpc) is 2.42. The van der Waals surface area contributed by atoms with E-state index in [1.807, 2.05) is 20.8 Å². The van der Waals surface area contributed by atoms with Crippen molar-refractivity contribution >= 4 is 22.0 Å². The van der Waals surface area contributed by atoms with Gasteiger partial charge in [-0.1, -0.05) is 35.7 Å². The zero-order valence-corrected chi connectivity index (χ0v) is 15.5. The number of rotatable bonds is 6. The highest BCUT2D eigenvalue weighted by atomic mass is 79.9. The van der Waals surface area contributed by atoms with Gasteiger partial charge in [0, 0.05) is 25.0 Å². The fraction of sp³-hybridized carbons (Fsp3) is 0.938. The van der Waals surface area contributed by atoms with Gasteiger partial charge in [0.15, 0.2) is 0 Å². The van der Waals surface area contributed by atoms with Gasteiger partial charge in [-0.15, -0.1) is 0 Å². The van der Waals surface area contributed by atoms with Gasteiger partial charge in [-0.3, -0.25) is 0 Å². The molecule has 1 rings (SSSR count). The quantitative estimate of drug-likeness (QED) is 0.519. The highest BCUT2D eigenvalue weighted by Gasteiger charge is 2.37. The van der Waals surface area contributed by atoms with Crippen LogP contribution in [0.1, 0.15) is 59.8 Å². The minimum absolute atomic E-state index is 0.119. The van der Waals surface area contributed by atoms with Crippen molar-refractivity contribution < 1.29 is 14.3 Å². The maximum atomic E-state index is 12.1. The van der Waals surface area contributed by atoms with Crippen LogP contribution in [0.3, 0.4) is 0 Å². The number of likely N-dealkylation sites (tertiary alicyclic amines) is 1. The summed E-state index contributed by atoms with van der Waals surface area (Å²) in [6.45, 7) is 10.1. The number of nitrogens with zero attached hydrogens (tertiary/aromatic N) is 1. The van der Waals surface area contributed by atoms with Crippen LogP contribution >= 0.6 is 15.9 Å². The Balaban J connectivity index is 2.42. The molecule has 0 aromatic carbocycles. The molecule has 0 aromatic heterocycles. The lowest BCUT2D eigenvalue weighted by Gasteiger charge is -2.41. The molecule has 1 heterocycles. The average molecular weight is 364 g/mol. The largest absolute Gasteiger partial charge is 0.444 e. The van der Waals surface area contributed by atoms with E-state index in [0.717, 1.165) is 31.2 Å². The highest BCUT2D eigenvalue weighted by Crippen LogP contribution is 2.29. The molecule has 1 fully saturated rings. The molecule has 0 saturated carbocycles. The van der Waals surface area contributed by atoms with Crippen LogP contribution < -0.4 is 0 Å². The summed E-state index contributed by atoms with van der Waals surface area (Å²) in [6, 6.07) is 0. The molecule has 0 spiro atoms. The topological polar surface area (TPSA) is 38.8 Å². The lowest BCUT2D eigenvalue weighted by Crippen LogP contribution is -2.50. The van der Waals surface area contributed by atoms with Crippen LogP contribution in [0.25, 0.3) is 0 Å². The number of halogens is 1. The number of unbranched alkanes of at least 4 members (excludes halogenated alkanes) is 2. The van der Waals surface area contributed by atoms with Crippen molar-refractivity contribution in [3.8, 4) is 0 Å². The van der Waals surface area contributed by atoms with E-state index in [-0.39, 0.29) is 11.7 Å². The Hall–Kier alpha value is -0.290. The van der Waals surface area contributed by atoms with Gasteiger partial charge in [0.05, 0.1) is 5.60 Å². The summed E-state index contributed by atoms with van der Waals surface area (Å²) < 4.78 is 11.6. The standard InChI is InChI=1S/C16H30BrNO3/c1-5-6-7-12-20-16(13-17)8-10-18(11-9-16)14(19)21-15(2,3)4/h5-13H2,1-4H3. The van der Waals surface area contributed by atoms with Crippen molar-refractivity contribution in [3.05, 3.63) is 0 Å². The third-order valence-corrected chi connectivity index (χ3v) is 4.75. The van der Waals surface area contributed by atoms with Gasteiger partial charge in [0.25, 0.3) is 0 Å². The summed E-state index contributed by atoms with van der Waals surface area (Å²) in [5.74, 6) is 0. The smallest absolute Gasteiger partial charge is 0.410 e. The first-order valence-corrected chi connectivity index (χ1v) is 9.12. The second-order valence-electron chi connectivity index (χ2n) is 6.84. The maximum Gasteiger partial charge on any atom is 0.410 e. The van der Waals surface area contributed by atoms with E-state index < -0.39 is 5.60 Å². The first kappa shape index (κ1) is 18.8. The first-order chi connectivity index (χ1) is 9.82. The van der Waals surface area contributed by atoms with Gasteiger partial charge in [0.2, 0.25) is 0 Å². The van der Waals surface area contributed by atoms with E-state index in [2.05, 4.69) is 22.9 Å². The first-order valence-electron chi connectivity index (χ1n) is 8.00. The van der Waals surface area contributed by atoms with Crippen LogP contribution in [-0.2, 0) is 9.47 Å². The van der Waals surface area contributed by atoms with Gasteiger partial charge in [-0.25, -0.2) is 4.79 Å². The molecule has 1 saturated heterocycles. The van der Waals surface area contributed by atoms with E-state index in [0.29, 0.717) is 13.1 Å². The number of piperidine rings is 1. The van der Waals surface area contributed by atoms with Crippen molar-refractivity contribution in [3.63, 3.8) is 0 Å². The van der Waals surface area contributed by atoms with E-state index in [1.54, 1.807) is 4.90 Å². The molecule has 5 heteroatoms. The van der Waals surface area contributed by atoms with Gasteiger partial charge < -0.3 is 14.4 Å². The summed E-state index contributed by atoms with van der Waals surface area (Å²) in [6.07, 6.45) is 5.05. The summed E-state index contributed by atoms with van der Waals surface area (Å²) in [5, 5.41) is 0.828. The Morgan fingerprint density at radius 3 is 2.33 bits per heavy atom. The Morgan fingerprint density at radius 1 is 1.24 bits per heavy atom. The molecule has 1 amide bonds. The molecule has 0 unspecified atom stereocenters. The van der Waals surface area contributed by atoms with Crippen molar-refractivity contribution in [2.75, 3.05) is 25.0 Å². The maximum absolute atomic E-state index is 12.1. The molecule has 0 atom stereocenters. The van der Waals surface area contributed by atoms with Crippen molar-refractivity contribution in [1.82, 2.24) is 4.90 Å². The molecule has 124 valence electrons. The van der Waals surface area contributed by atoms with Gasteiger partial charge in [-0.2, -0.15) is 0 Å². The number of amides is 1. The van der Waals surface area contributed by atoms with Crippen LogP contribution in [0.5, 0.6) is 0 Å². The van der Waals surface area contributed by atoms with E-state index in [4.69, 9.17) is 9.47 Å². The third kappa shape index (κ3) is 6.55. The summed E-state index contributed by atoms with van der Waals surface area (Å²) in [7, 11) is 0. The third-order valence-electron chi connectivity index (χ3n) is 3.73. The molecule has 0 aromatic rings. The van der Waals surface area contributed by atoms with E-state index >= 15 is 0 Å². The molecule has 0 aliphatic carbocycles. The molecular formula is C16H30BrNO3. The number of alkyl halides is 1. The van der Waals surface area contributed by atoms with Crippen LogP contribution in [0.2, 0.25) is 0 Å². The summed E-state index contributed by atoms with van der Waals surface area (Å²) in [4.78, 5) is 13.9. The number of carbonyl (C=O) groups excluding carboxylic acids is 1. The van der Waals surface area contributed by atoms with Gasteiger partial charge in [-0.05, 0) is 40.0 Å². The minimum atomic E-state index is -0.433. The monoisotopic (exact) mass is 363 g/mol. The Labute approximate surface area is 137 Å². The van der Waals surface area contributed by atoms with Crippen LogP contribution in [0.15, 0.2) is 0 Å². The molecule has 4 nitrogen and oxygen atoms in total. The number of carbonyl (C=O) groups is 1. The molecule has 21 heavy (non-hydrogen) atoms. The van der Waals surface area contributed by atoms with Crippen LogP contribution in [-0.4, -0.2) is 47.2 Å². The Morgan fingerprint density at radius 2 is 1.86 bits per heavy atom. The van der Waals surface area contributed by atoms with Gasteiger partial charge >= 0.3 is 6.09 Å². The minimum Gasteiger partial charge on any atom is -0.444 e. The number of hydrogen-bond donors (Lipinski definition) is 0. The second-order valence-corrected chi connectivity index (χ2v) is 7.40. The van der Waals surface area contributed by atoms with E-state index in [9.17, 15) is 4.79 Å². The predicted octanol–water partition coefficient (Wildman–Crippen LogP) is 4.36. The molecular weight excluding hydrogens is 334 g/mol. The summed E-state index contributed by atoms with van der Waals surface area (Å²) >= 11 is 3.58. The van der Waals surface area contributed by atoms with E-state index in [1.165, 1.54) is 12.8 Å². The Kier molecular flexibility index (Phi) is 7.48.